The lowest BCUT2D eigenvalue weighted by atomic mass is 9.99. The van der Waals surface area contributed by atoms with Crippen LogP contribution in [0.5, 0.6) is 0 Å². The van der Waals surface area contributed by atoms with Gasteiger partial charge in [0.2, 0.25) is 0 Å². The van der Waals surface area contributed by atoms with E-state index in [1.807, 2.05) is 30.3 Å². The molecule has 2 unspecified atom stereocenters. The summed E-state index contributed by atoms with van der Waals surface area (Å²) in [7, 11) is 0. The molecule has 3 heteroatoms. The number of aliphatic hydroxyl groups excluding tert-OH is 2. The molecule has 0 radical (unpaired) electrons. The largest absolute Gasteiger partial charge is 0.390 e. The van der Waals surface area contributed by atoms with Gasteiger partial charge in [0, 0.05) is 11.4 Å². The number of hydrogen-bond donors (Lipinski definition) is 2. The first-order chi connectivity index (χ1) is 8.66. The summed E-state index contributed by atoms with van der Waals surface area (Å²) in [4.78, 5) is 0. The van der Waals surface area contributed by atoms with Crippen molar-refractivity contribution in [3.8, 4) is 0 Å². The Hall–Kier alpha value is -1.35. The van der Waals surface area contributed by atoms with Crippen molar-refractivity contribution in [2.45, 2.75) is 18.6 Å². The molecule has 0 aliphatic heterocycles. The van der Waals surface area contributed by atoms with Gasteiger partial charge in [-0.3, -0.25) is 0 Å². The molecule has 0 aliphatic rings. The van der Waals surface area contributed by atoms with E-state index in [1.54, 1.807) is 24.3 Å². The number of benzene rings is 2. The molecule has 0 heterocycles. The van der Waals surface area contributed by atoms with Crippen LogP contribution in [-0.4, -0.2) is 16.3 Å². The van der Waals surface area contributed by atoms with E-state index < -0.39 is 12.2 Å². The molecule has 18 heavy (non-hydrogen) atoms. The fourth-order valence-electron chi connectivity index (χ4n) is 1.85. The maximum atomic E-state index is 10.0. The van der Waals surface area contributed by atoms with Crippen molar-refractivity contribution in [2.75, 3.05) is 0 Å². The molecule has 0 saturated heterocycles. The highest BCUT2D eigenvalue weighted by atomic mass is 35.5. The quantitative estimate of drug-likeness (QED) is 0.889. The van der Waals surface area contributed by atoms with Gasteiger partial charge in [0.05, 0.1) is 6.10 Å². The topological polar surface area (TPSA) is 40.5 Å². The summed E-state index contributed by atoms with van der Waals surface area (Å²) in [5.41, 5.74) is 1.67. The van der Waals surface area contributed by atoms with Crippen LogP contribution in [0.25, 0.3) is 0 Å². The zero-order valence-corrected chi connectivity index (χ0v) is 10.6. The molecule has 0 fully saturated rings. The van der Waals surface area contributed by atoms with E-state index in [9.17, 15) is 10.2 Å². The van der Waals surface area contributed by atoms with Gasteiger partial charge in [0.15, 0.2) is 0 Å². The second kappa shape index (κ2) is 6.01. The highest BCUT2D eigenvalue weighted by Crippen LogP contribution is 2.20. The molecule has 0 saturated carbocycles. The molecule has 2 nitrogen and oxygen atoms in total. The minimum atomic E-state index is -0.873. The van der Waals surface area contributed by atoms with Gasteiger partial charge in [0.25, 0.3) is 0 Å². The van der Waals surface area contributed by atoms with Crippen molar-refractivity contribution in [3.05, 3.63) is 70.7 Å². The van der Waals surface area contributed by atoms with Gasteiger partial charge in [-0.15, -0.1) is 0 Å². The third-order valence-corrected chi connectivity index (χ3v) is 3.12. The first kappa shape index (κ1) is 13.1. The maximum Gasteiger partial charge on any atom is 0.105 e. The zero-order valence-electron chi connectivity index (χ0n) is 9.83. The standard InChI is InChI=1S/C15H15ClO2/c16-13-8-6-11(7-9-13)10-14(17)15(18)12-4-2-1-3-5-12/h1-9,14-15,17-18H,10H2. The number of aliphatic hydroxyl groups is 2. The van der Waals surface area contributed by atoms with Crippen molar-refractivity contribution in [2.24, 2.45) is 0 Å². The lowest BCUT2D eigenvalue weighted by Gasteiger charge is -2.18. The molecule has 2 N–H and O–H groups in total. The molecule has 0 bridgehead atoms. The van der Waals surface area contributed by atoms with E-state index in [-0.39, 0.29) is 0 Å². The fourth-order valence-corrected chi connectivity index (χ4v) is 1.97. The highest BCUT2D eigenvalue weighted by molar-refractivity contribution is 6.30. The SMILES string of the molecule is OC(Cc1ccc(Cl)cc1)C(O)c1ccccc1. The highest BCUT2D eigenvalue weighted by Gasteiger charge is 2.18. The van der Waals surface area contributed by atoms with Gasteiger partial charge in [-0.2, -0.15) is 0 Å². The molecular weight excluding hydrogens is 248 g/mol. The summed E-state index contributed by atoms with van der Waals surface area (Å²) in [6.45, 7) is 0. The summed E-state index contributed by atoms with van der Waals surface area (Å²) in [5.74, 6) is 0. The normalized spacial score (nSPS) is 14.2. The molecule has 0 spiro atoms. The lowest BCUT2D eigenvalue weighted by molar-refractivity contribution is 0.0190. The molecule has 0 aliphatic carbocycles. The van der Waals surface area contributed by atoms with Crippen molar-refractivity contribution in [1.82, 2.24) is 0 Å². The molecular formula is C15H15ClO2. The summed E-state index contributed by atoms with van der Waals surface area (Å²) < 4.78 is 0. The fraction of sp³-hybridized carbons (Fsp3) is 0.200. The average Bonchev–Trinajstić information content (AvgIpc) is 2.41. The molecule has 0 aromatic heterocycles. The van der Waals surface area contributed by atoms with Crippen LogP contribution < -0.4 is 0 Å². The maximum absolute atomic E-state index is 10.0. The van der Waals surface area contributed by atoms with Crippen LogP contribution in [0.4, 0.5) is 0 Å². The Morgan fingerprint density at radius 1 is 0.889 bits per heavy atom. The van der Waals surface area contributed by atoms with E-state index in [4.69, 9.17) is 11.6 Å². The van der Waals surface area contributed by atoms with Crippen LogP contribution in [0.15, 0.2) is 54.6 Å². The van der Waals surface area contributed by atoms with Gasteiger partial charge in [-0.05, 0) is 23.3 Å². The van der Waals surface area contributed by atoms with E-state index in [1.165, 1.54) is 0 Å². The van der Waals surface area contributed by atoms with Crippen LogP contribution in [-0.2, 0) is 6.42 Å². The monoisotopic (exact) mass is 262 g/mol. The third-order valence-electron chi connectivity index (χ3n) is 2.86. The Balaban J connectivity index is 2.03. The second-order valence-electron chi connectivity index (χ2n) is 4.25. The summed E-state index contributed by atoms with van der Waals surface area (Å²) in [6, 6.07) is 16.4. The Morgan fingerprint density at radius 3 is 2.11 bits per heavy atom. The molecule has 2 aromatic rings. The minimum absolute atomic E-state index is 0.396. The van der Waals surface area contributed by atoms with Crippen molar-refractivity contribution in [3.63, 3.8) is 0 Å². The van der Waals surface area contributed by atoms with Crippen molar-refractivity contribution >= 4 is 11.6 Å². The predicted molar refractivity (Wildman–Crippen MR) is 72.6 cm³/mol. The number of halogens is 1. The molecule has 94 valence electrons. The van der Waals surface area contributed by atoms with E-state index in [0.29, 0.717) is 11.4 Å². The van der Waals surface area contributed by atoms with Gasteiger partial charge in [0.1, 0.15) is 6.10 Å². The minimum Gasteiger partial charge on any atom is -0.390 e. The van der Waals surface area contributed by atoms with Crippen LogP contribution in [0.2, 0.25) is 5.02 Å². The lowest BCUT2D eigenvalue weighted by Crippen LogP contribution is -2.20. The Kier molecular flexibility index (Phi) is 4.37. The van der Waals surface area contributed by atoms with Crippen molar-refractivity contribution in [1.29, 1.82) is 0 Å². The van der Waals surface area contributed by atoms with E-state index >= 15 is 0 Å². The van der Waals surface area contributed by atoms with Crippen LogP contribution in [0.1, 0.15) is 17.2 Å². The van der Waals surface area contributed by atoms with Crippen LogP contribution in [0.3, 0.4) is 0 Å². The molecule has 2 atom stereocenters. The first-order valence-corrected chi connectivity index (χ1v) is 6.20. The Labute approximate surface area is 111 Å². The smallest absolute Gasteiger partial charge is 0.105 e. The molecule has 2 aromatic carbocycles. The first-order valence-electron chi connectivity index (χ1n) is 5.82. The summed E-state index contributed by atoms with van der Waals surface area (Å²) in [6.07, 6.45) is -1.30. The average molecular weight is 263 g/mol. The summed E-state index contributed by atoms with van der Waals surface area (Å²) in [5, 5.41) is 20.7. The molecule has 2 rings (SSSR count). The van der Waals surface area contributed by atoms with Gasteiger partial charge < -0.3 is 10.2 Å². The van der Waals surface area contributed by atoms with Gasteiger partial charge >= 0.3 is 0 Å². The van der Waals surface area contributed by atoms with E-state index in [0.717, 1.165) is 11.1 Å². The third kappa shape index (κ3) is 3.33. The Morgan fingerprint density at radius 2 is 1.50 bits per heavy atom. The predicted octanol–water partition coefficient (Wildman–Crippen LogP) is 2.98. The molecule has 0 amide bonds. The van der Waals surface area contributed by atoms with Gasteiger partial charge in [-0.25, -0.2) is 0 Å². The van der Waals surface area contributed by atoms with E-state index in [2.05, 4.69) is 0 Å². The van der Waals surface area contributed by atoms with Crippen molar-refractivity contribution < 1.29 is 10.2 Å². The Bertz CT molecular complexity index is 482. The van der Waals surface area contributed by atoms with Crippen LogP contribution >= 0.6 is 11.6 Å². The zero-order chi connectivity index (χ0) is 13.0. The summed E-state index contributed by atoms with van der Waals surface area (Å²) >= 11 is 5.79. The number of hydrogen-bond acceptors (Lipinski definition) is 2. The number of rotatable bonds is 4. The van der Waals surface area contributed by atoms with Crippen LogP contribution in [0, 0.1) is 0 Å². The van der Waals surface area contributed by atoms with Gasteiger partial charge in [-0.1, -0.05) is 54.1 Å². The second-order valence-corrected chi connectivity index (χ2v) is 4.69.